The fourth-order valence-corrected chi connectivity index (χ4v) is 3.85. The molecule has 0 saturated carbocycles. The largest absolute Gasteiger partial charge is 0.452 e. The van der Waals surface area contributed by atoms with Gasteiger partial charge in [-0.3, -0.25) is 9.59 Å². The fourth-order valence-electron chi connectivity index (χ4n) is 3.85. The van der Waals surface area contributed by atoms with Crippen LogP contribution in [0.3, 0.4) is 0 Å². The minimum absolute atomic E-state index is 0.302. The van der Waals surface area contributed by atoms with Gasteiger partial charge in [-0.15, -0.1) is 0 Å². The van der Waals surface area contributed by atoms with Gasteiger partial charge in [0.25, 0.3) is 0 Å². The van der Waals surface area contributed by atoms with Gasteiger partial charge in [0.2, 0.25) is 0 Å². The Morgan fingerprint density at radius 1 is 0.595 bits per heavy atom. The monoisotopic (exact) mass is 500 g/mol. The van der Waals surface area contributed by atoms with Crippen molar-refractivity contribution < 1.29 is 19.1 Å². The second kappa shape index (κ2) is 10.9. The number of esters is 2. The lowest BCUT2D eigenvalue weighted by molar-refractivity contribution is -0.159. The number of carbonyl (C=O) groups is 2. The zero-order valence-corrected chi connectivity index (χ0v) is 23.6. The Balaban J connectivity index is 2.22. The van der Waals surface area contributed by atoms with Crippen molar-refractivity contribution in [1.29, 1.82) is 0 Å². The van der Waals surface area contributed by atoms with E-state index in [4.69, 9.17) is 9.47 Å². The molecule has 3 aromatic rings. The predicted molar refractivity (Wildman–Crippen MR) is 148 cm³/mol. The van der Waals surface area contributed by atoms with Crippen molar-refractivity contribution in [1.82, 2.24) is 0 Å². The highest BCUT2D eigenvalue weighted by molar-refractivity contribution is 5.77. The fraction of sp³-hybridized carbons (Fsp3) is 0.394. The summed E-state index contributed by atoms with van der Waals surface area (Å²) < 4.78 is 12.4. The molecule has 0 amide bonds. The lowest BCUT2D eigenvalue weighted by Crippen LogP contribution is -2.28. The molecule has 4 heteroatoms. The van der Waals surface area contributed by atoms with Crippen molar-refractivity contribution >= 4 is 11.9 Å². The molecule has 0 bridgehead atoms. The van der Waals surface area contributed by atoms with Gasteiger partial charge in [-0.1, -0.05) is 72.3 Å². The molecule has 0 aromatic heterocycles. The smallest absolute Gasteiger partial charge is 0.312 e. The van der Waals surface area contributed by atoms with Gasteiger partial charge in [0.15, 0.2) is 12.2 Å². The summed E-state index contributed by atoms with van der Waals surface area (Å²) in [7, 11) is 0. The van der Waals surface area contributed by atoms with Gasteiger partial charge < -0.3 is 9.47 Å². The minimum Gasteiger partial charge on any atom is -0.452 e. The second-order valence-corrected chi connectivity index (χ2v) is 12.0. The Kier molecular flexibility index (Phi) is 8.32. The van der Waals surface area contributed by atoms with E-state index >= 15 is 0 Å². The standard InChI is InChI=1S/C33H40O4/c1-21-14-17-24(18-15-21)28(36-30(34)32(4,5)6)26-12-10-11-13-27(26)29(37-31(35)33(7,8)9)25-19-16-22(2)23(3)20-25/h10-20,28-29H,1-9H3. The van der Waals surface area contributed by atoms with E-state index in [1.54, 1.807) is 0 Å². The van der Waals surface area contributed by atoms with Crippen molar-refractivity contribution in [2.75, 3.05) is 0 Å². The third-order valence-corrected chi connectivity index (χ3v) is 6.45. The first-order chi connectivity index (χ1) is 17.2. The van der Waals surface area contributed by atoms with Crippen LogP contribution in [-0.2, 0) is 19.1 Å². The zero-order valence-electron chi connectivity index (χ0n) is 23.6. The van der Waals surface area contributed by atoms with E-state index in [1.165, 1.54) is 0 Å². The molecular formula is C33H40O4. The lowest BCUT2D eigenvalue weighted by Gasteiger charge is -2.29. The Hall–Kier alpha value is -3.40. The molecule has 3 aromatic carbocycles. The third-order valence-electron chi connectivity index (χ3n) is 6.45. The number of ether oxygens (including phenoxy) is 2. The van der Waals surface area contributed by atoms with Crippen molar-refractivity contribution in [3.05, 3.63) is 106 Å². The van der Waals surface area contributed by atoms with Crippen LogP contribution in [-0.4, -0.2) is 11.9 Å². The Morgan fingerprint density at radius 2 is 1.03 bits per heavy atom. The van der Waals surface area contributed by atoms with E-state index < -0.39 is 23.0 Å². The number of carbonyl (C=O) groups excluding carboxylic acids is 2. The van der Waals surface area contributed by atoms with Gasteiger partial charge in [-0.05, 0) is 84.6 Å². The van der Waals surface area contributed by atoms with Crippen molar-refractivity contribution in [2.45, 2.75) is 74.5 Å². The average Bonchev–Trinajstić information content (AvgIpc) is 2.82. The van der Waals surface area contributed by atoms with Crippen LogP contribution >= 0.6 is 0 Å². The number of rotatable bonds is 6. The molecule has 0 saturated heterocycles. The molecule has 37 heavy (non-hydrogen) atoms. The summed E-state index contributed by atoms with van der Waals surface area (Å²) >= 11 is 0. The van der Waals surface area contributed by atoms with Gasteiger partial charge in [0, 0.05) is 11.1 Å². The molecule has 0 spiro atoms. The molecule has 0 N–H and O–H groups in total. The number of hydrogen-bond donors (Lipinski definition) is 0. The summed E-state index contributed by atoms with van der Waals surface area (Å²) in [6.07, 6.45) is -1.32. The van der Waals surface area contributed by atoms with Crippen molar-refractivity contribution in [2.24, 2.45) is 10.8 Å². The van der Waals surface area contributed by atoms with Crippen LogP contribution in [0.1, 0.15) is 92.7 Å². The summed E-state index contributed by atoms with van der Waals surface area (Å²) in [5.41, 5.74) is 5.34. The Bertz CT molecular complexity index is 1260. The van der Waals surface area contributed by atoms with Crippen LogP contribution in [0, 0.1) is 31.6 Å². The highest BCUT2D eigenvalue weighted by Gasteiger charge is 2.33. The highest BCUT2D eigenvalue weighted by Crippen LogP contribution is 2.38. The highest BCUT2D eigenvalue weighted by atomic mass is 16.6. The average molecular weight is 501 g/mol. The van der Waals surface area contributed by atoms with E-state index in [2.05, 4.69) is 13.0 Å². The minimum atomic E-state index is -0.679. The summed E-state index contributed by atoms with van der Waals surface area (Å²) in [6.45, 7) is 17.2. The molecule has 0 aliphatic heterocycles. The molecule has 2 unspecified atom stereocenters. The molecular weight excluding hydrogens is 460 g/mol. The molecule has 0 heterocycles. The van der Waals surface area contributed by atoms with Crippen LogP contribution in [0.2, 0.25) is 0 Å². The van der Waals surface area contributed by atoms with Gasteiger partial charge in [0.05, 0.1) is 10.8 Å². The summed E-state index contributed by atoms with van der Waals surface area (Å²) in [5, 5.41) is 0. The second-order valence-electron chi connectivity index (χ2n) is 12.0. The van der Waals surface area contributed by atoms with E-state index in [0.29, 0.717) is 0 Å². The van der Waals surface area contributed by atoms with E-state index in [0.717, 1.165) is 38.9 Å². The van der Waals surface area contributed by atoms with Crippen LogP contribution in [0.15, 0.2) is 66.7 Å². The lowest BCUT2D eigenvalue weighted by atomic mass is 9.89. The maximum Gasteiger partial charge on any atom is 0.312 e. The van der Waals surface area contributed by atoms with Crippen LogP contribution in [0.4, 0.5) is 0 Å². The summed E-state index contributed by atoms with van der Waals surface area (Å²) in [6, 6.07) is 21.9. The third kappa shape index (κ3) is 6.88. The first kappa shape index (κ1) is 28.2. The maximum atomic E-state index is 13.2. The molecule has 4 nitrogen and oxygen atoms in total. The molecule has 196 valence electrons. The molecule has 0 aliphatic rings. The Labute approximate surface area is 222 Å². The maximum absolute atomic E-state index is 13.2. The topological polar surface area (TPSA) is 52.6 Å². The number of hydrogen-bond acceptors (Lipinski definition) is 4. The summed E-state index contributed by atoms with van der Waals surface area (Å²) in [4.78, 5) is 26.3. The van der Waals surface area contributed by atoms with Crippen LogP contribution in [0.25, 0.3) is 0 Å². The van der Waals surface area contributed by atoms with Crippen molar-refractivity contribution in [3.8, 4) is 0 Å². The van der Waals surface area contributed by atoms with Gasteiger partial charge in [-0.25, -0.2) is 0 Å². The molecule has 0 fully saturated rings. The molecule has 0 radical (unpaired) electrons. The molecule has 3 rings (SSSR count). The number of benzene rings is 3. The van der Waals surface area contributed by atoms with Gasteiger partial charge in [-0.2, -0.15) is 0 Å². The van der Waals surface area contributed by atoms with E-state index in [1.807, 2.05) is 116 Å². The first-order valence-electron chi connectivity index (χ1n) is 12.8. The zero-order chi connectivity index (χ0) is 27.5. The summed E-state index contributed by atoms with van der Waals surface area (Å²) in [5.74, 6) is -0.605. The quantitative estimate of drug-likeness (QED) is 0.322. The first-order valence-corrected chi connectivity index (χ1v) is 12.8. The molecule has 2 atom stereocenters. The van der Waals surface area contributed by atoms with Crippen LogP contribution < -0.4 is 0 Å². The number of aryl methyl sites for hydroxylation is 3. The van der Waals surface area contributed by atoms with E-state index in [-0.39, 0.29) is 11.9 Å². The normalized spacial score (nSPS) is 13.5. The SMILES string of the molecule is Cc1ccc(C(OC(=O)C(C)(C)C)c2ccccc2C(OC(=O)C(C)(C)C)c2ccc(C)c(C)c2)cc1. The van der Waals surface area contributed by atoms with Gasteiger partial charge in [0.1, 0.15) is 0 Å². The Morgan fingerprint density at radius 3 is 1.46 bits per heavy atom. The predicted octanol–water partition coefficient (Wildman–Crippen LogP) is 7.97. The van der Waals surface area contributed by atoms with Crippen LogP contribution in [0.5, 0.6) is 0 Å². The van der Waals surface area contributed by atoms with E-state index in [9.17, 15) is 9.59 Å². The molecule has 0 aliphatic carbocycles. The van der Waals surface area contributed by atoms with Gasteiger partial charge >= 0.3 is 11.9 Å². The van der Waals surface area contributed by atoms with Crippen molar-refractivity contribution in [3.63, 3.8) is 0 Å².